The SMILES string of the molecule is NC(CCCCNC(=O)CCCCC1SCC2NC(=O)NC21)C(=O)O.Nc1ccc(C(=O)OC(=O)C(F)(F)F)cc1. The van der Waals surface area contributed by atoms with Gasteiger partial charge in [0.2, 0.25) is 5.91 Å². The summed E-state index contributed by atoms with van der Waals surface area (Å²) >= 11 is 1.89. The number of nitrogen functional groups attached to an aromatic ring is 1. The van der Waals surface area contributed by atoms with E-state index in [2.05, 4.69) is 20.7 Å². The molecule has 0 aromatic heterocycles. The number of carbonyl (C=O) groups excluding carboxylic acids is 4. The van der Waals surface area contributed by atoms with Gasteiger partial charge in [-0.1, -0.05) is 6.42 Å². The minimum Gasteiger partial charge on any atom is -0.480 e. The van der Waals surface area contributed by atoms with E-state index in [1.807, 2.05) is 11.8 Å². The number of carboxylic acids is 1. The predicted octanol–water partition coefficient (Wildman–Crippen LogP) is 1.93. The summed E-state index contributed by atoms with van der Waals surface area (Å²) in [5.41, 5.74) is 10.9. The van der Waals surface area contributed by atoms with Crippen molar-refractivity contribution in [3.05, 3.63) is 29.8 Å². The van der Waals surface area contributed by atoms with Gasteiger partial charge in [0.1, 0.15) is 6.04 Å². The number of thioether (sulfide) groups is 1. The molecule has 0 saturated carbocycles. The number of benzene rings is 1. The number of amides is 3. The third-order valence-corrected chi connectivity index (χ3v) is 7.73. The van der Waals surface area contributed by atoms with Gasteiger partial charge < -0.3 is 37.3 Å². The quantitative estimate of drug-likeness (QED) is 0.0672. The smallest absolute Gasteiger partial charge is 0.480 e. The summed E-state index contributed by atoms with van der Waals surface area (Å²) in [4.78, 5) is 55.0. The van der Waals surface area contributed by atoms with Crippen LogP contribution in [0.2, 0.25) is 0 Å². The molecule has 2 heterocycles. The summed E-state index contributed by atoms with van der Waals surface area (Å²) in [6.45, 7) is 0.561. The molecule has 16 heteroatoms. The van der Waals surface area contributed by atoms with Crippen molar-refractivity contribution < 1.29 is 47.0 Å². The molecule has 2 aliphatic rings. The molecule has 228 valence electrons. The number of esters is 2. The van der Waals surface area contributed by atoms with Crippen LogP contribution in [0.15, 0.2) is 24.3 Å². The largest absolute Gasteiger partial charge is 0.491 e. The van der Waals surface area contributed by atoms with Crippen molar-refractivity contribution in [2.24, 2.45) is 5.73 Å². The standard InChI is InChI=1S/C16H28N4O4S.C9H6F3NO3/c17-10(15(22)23)5-3-4-8-18-13(21)7-2-1-6-12-14-11(9-25-12)19-16(24)20-14;10-9(11,12)8(15)16-7(14)5-1-3-6(13)4-2-5/h10-12,14H,1-9,17H2,(H,18,21)(H,22,23)(H2,19,20,24);1-4H,13H2. The van der Waals surface area contributed by atoms with Crippen molar-refractivity contribution in [2.75, 3.05) is 18.0 Å². The monoisotopic (exact) mass is 605 g/mol. The highest BCUT2D eigenvalue weighted by atomic mass is 32.2. The number of fused-ring (bicyclic) bond motifs is 1. The molecule has 1 aromatic rings. The first-order valence-electron chi connectivity index (χ1n) is 12.9. The van der Waals surface area contributed by atoms with Gasteiger partial charge in [0.15, 0.2) is 0 Å². The summed E-state index contributed by atoms with van der Waals surface area (Å²) in [5, 5.41) is 17.9. The summed E-state index contributed by atoms with van der Waals surface area (Å²) in [5.74, 6) is -3.91. The van der Waals surface area contributed by atoms with Crippen LogP contribution in [0.4, 0.5) is 23.7 Å². The molecule has 0 bridgehead atoms. The minimum atomic E-state index is -5.19. The molecule has 4 atom stereocenters. The molecule has 8 N–H and O–H groups in total. The van der Waals surface area contributed by atoms with Gasteiger partial charge in [-0.3, -0.25) is 9.59 Å². The first kappa shape index (κ1) is 33.7. The van der Waals surface area contributed by atoms with Gasteiger partial charge in [-0.25, -0.2) is 14.4 Å². The topological polar surface area (TPSA) is 203 Å². The molecular weight excluding hydrogens is 571 g/mol. The van der Waals surface area contributed by atoms with E-state index in [4.69, 9.17) is 16.6 Å². The van der Waals surface area contributed by atoms with Crippen LogP contribution in [-0.2, 0) is 19.1 Å². The maximum atomic E-state index is 11.8. The van der Waals surface area contributed by atoms with Gasteiger partial charge >= 0.3 is 30.1 Å². The number of nitrogens with two attached hydrogens (primary N) is 2. The summed E-state index contributed by atoms with van der Waals surface area (Å²) in [6.07, 6.45) is -0.0144. The van der Waals surface area contributed by atoms with Crippen LogP contribution >= 0.6 is 11.8 Å². The number of carboxylic acid groups (broad SMARTS) is 1. The Kier molecular flexibility index (Phi) is 13.2. The van der Waals surface area contributed by atoms with Crippen LogP contribution in [0, 0.1) is 0 Å². The molecule has 4 unspecified atom stereocenters. The van der Waals surface area contributed by atoms with Crippen molar-refractivity contribution in [3.8, 4) is 0 Å². The number of carbonyl (C=O) groups is 5. The normalized spacial score (nSPS) is 20.0. The lowest BCUT2D eigenvalue weighted by Gasteiger charge is -2.16. The number of hydrogen-bond acceptors (Lipinski definition) is 9. The maximum Gasteiger partial charge on any atom is 0.491 e. The first-order valence-corrected chi connectivity index (χ1v) is 14.0. The lowest BCUT2D eigenvalue weighted by Crippen LogP contribution is -2.36. The van der Waals surface area contributed by atoms with E-state index < -0.39 is 30.1 Å². The lowest BCUT2D eigenvalue weighted by atomic mass is 10.0. The maximum absolute atomic E-state index is 11.8. The molecule has 0 spiro atoms. The van der Waals surface area contributed by atoms with E-state index in [0.29, 0.717) is 36.7 Å². The highest BCUT2D eigenvalue weighted by Crippen LogP contribution is 2.33. The van der Waals surface area contributed by atoms with Crippen LogP contribution in [0.5, 0.6) is 0 Å². The van der Waals surface area contributed by atoms with E-state index in [1.54, 1.807) is 0 Å². The van der Waals surface area contributed by atoms with Gasteiger partial charge in [-0.15, -0.1) is 0 Å². The number of alkyl halides is 3. The number of anilines is 1. The molecular formula is C25H34F3N5O7S. The number of hydrogen-bond donors (Lipinski definition) is 6. The third-order valence-electron chi connectivity index (χ3n) is 6.23. The molecule has 1 aromatic carbocycles. The summed E-state index contributed by atoms with van der Waals surface area (Å²) in [6, 6.07) is 4.50. The lowest BCUT2D eigenvalue weighted by molar-refractivity contribution is -0.193. The predicted molar refractivity (Wildman–Crippen MR) is 144 cm³/mol. The van der Waals surface area contributed by atoms with Crippen molar-refractivity contribution in [1.29, 1.82) is 0 Å². The van der Waals surface area contributed by atoms with Crippen LogP contribution in [0.1, 0.15) is 55.3 Å². The fourth-order valence-electron chi connectivity index (χ4n) is 4.02. The zero-order valence-corrected chi connectivity index (χ0v) is 22.9. The Morgan fingerprint density at radius 2 is 1.78 bits per heavy atom. The Morgan fingerprint density at radius 1 is 1.10 bits per heavy atom. The average molecular weight is 606 g/mol. The number of urea groups is 1. The summed E-state index contributed by atoms with van der Waals surface area (Å²) in [7, 11) is 0. The van der Waals surface area contributed by atoms with E-state index in [0.717, 1.165) is 43.6 Å². The van der Waals surface area contributed by atoms with Gasteiger partial charge in [0, 0.05) is 29.7 Å². The molecule has 0 radical (unpaired) electrons. The van der Waals surface area contributed by atoms with Crippen LogP contribution < -0.4 is 27.4 Å². The first-order chi connectivity index (χ1) is 19.3. The molecule has 41 heavy (non-hydrogen) atoms. The molecule has 3 amide bonds. The minimum absolute atomic E-state index is 0.0373. The Labute approximate surface area is 238 Å². The second-order valence-corrected chi connectivity index (χ2v) is 10.7. The van der Waals surface area contributed by atoms with Crippen molar-refractivity contribution >= 4 is 47.3 Å². The molecule has 0 aliphatic carbocycles. The number of halogens is 3. The third kappa shape index (κ3) is 11.9. The zero-order chi connectivity index (χ0) is 30.6. The van der Waals surface area contributed by atoms with E-state index in [9.17, 15) is 37.1 Å². The van der Waals surface area contributed by atoms with Crippen molar-refractivity contribution in [2.45, 2.75) is 74.5 Å². The molecule has 2 saturated heterocycles. The van der Waals surface area contributed by atoms with Crippen LogP contribution in [0.3, 0.4) is 0 Å². The molecule has 2 fully saturated rings. The Balaban J connectivity index is 0.000000317. The number of unbranched alkanes of at least 4 members (excludes halogenated alkanes) is 2. The van der Waals surface area contributed by atoms with E-state index >= 15 is 0 Å². The molecule has 3 rings (SSSR count). The number of aliphatic carboxylic acids is 1. The van der Waals surface area contributed by atoms with Crippen LogP contribution in [-0.4, -0.2) is 76.8 Å². The zero-order valence-electron chi connectivity index (χ0n) is 22.1. The van der Waals surface area contributed by atoms with E-state index in [-0.39, 0.29) is 29.6 Å². The number of ether oxygens (including phenoxy) is 1. The van der Waals surface area contributed by atoms with Gasteiger partial charge in [-0.05, 0) is 56.4 Å². The fraction of sp³-hybridized carbons (Fsp3) is 0.560. The second-order valence-electron chi connectivity index (χ2n) is 9.45. The van der Waals surface area contributed by atoms with Gasteiger partial charge in [-0.2, -0.15) is 24.9 Å². The Hall–Kier alpha value is -3.53. The van der Waals surface area contributed by atoms with Gasteiger partial charge in [0.05, 0.1) is 17.6 Å². The van der Waals surface area contributed by atoms with E-state index in [1.165, 1.54) is 12.1 Å². The average Bonchev–Trinajstić information content (AvgIpc) is 3.45. The molecule has 2 aliphatic heterocycles. The fourth-order valence-corrected chi connectivity index (χ4v) is 5.57. The van der Waals surface area contributed by atoms with Crippen molar-refractivity contribution in [3.63, 3.8) is 0 Å². The van der Waals surface area contributed by atoms with Crippen LogP contribution in [0.25, 0.3) is 0 Å². The highest BCUT2D eigenvalue weighted by Gasteiger charge is 2.43. The number of nitrogens with one attached hydrogen (secondary N) is 3. The van der Waals surface area contributed by atoms with Crippen molar-refractivity contribution in [1.82, 2.24) is 16.0 Å². The number of rotatable bonds is 12. The molecule has 12 nitrogen and oxygen atoms in total. The Bertz CT molecular complexity index is 1070. The Morgan fingerprint density at radius 3 is 2.41 bits per heavy atom. The summed E-state index contributed by atoms with van der Waals surface area (Å²) < 4.78 is 38.8. The second kappa shape index (κ2) is 16.0. The van der Waals surface area contributed by atoms with Gasteiger partial charge in [0.25, 0.3) is 0 Å². The highest BCUT2D eigenvalue weighted by molar-refractivity contribution is 8.00.